The highest BCUT2D eigenvalue weighted by molar-refractivity contribution is 7.21. The summed E-state index contributed by atoms with van der Waals surface area (Å²) >= 11 is 1.47. The summed E-state index contributed by atoms with van der Waals surface area (Å²) in [6, 6.07) is 11.2. The molecule has 6 nitrogen and oxygen atoms in total. The van der Waals surface area contributed by atoms with Gasteiger partial charge in [-0.05, 0) is 44.0 Å². The predicted octanol–water partition coefficient (Wildman–Crippen LogP) is 4.88. The number of fused-ring (bicyclic) bond motifs is 2. The van der Waals surface area contributed by atoms with E-state index in [2.05, 4.69) is 4.98 Å². The number of carbonyl (C=O) groups excluding carboxylic acids is 1. The lowest BCUT2D eigenvalue weighted by Crippen LogP contribution is -2.25. The Kier molecular flexibility index (Phi) is 5.30. The van der Waals surface area contributed by atoms with E-state index >= 15 is 0 Å². The van der Waals surface area contributed by atoms with Gasteiger partial charge in [0, 0.05) is 6.07 Å². The molecule has 0 saturated heterocycles. The molecule has 0 spiro atoms. The van der Waals surface area contributed by atoms with Crippen LogP contribution in [0.4, 0.5) is 0 Å². The molecule has 0 aliphatic carbocycles. The Labute approximate surface area is 177 Å². The Hall–Kier alpha value is -3.19. The van der Waals surface area contributed by atoms with Crippen molar-refractivity contribution in [3.63, 3.8) is 0 Å². The molecule has 4 aromatic rings. The largest absolute Gasteiger partial charge is 0.479 e. The summed E-state index contributed by atoms with van der Waals surface area (Å²) < 4.78 is 17.5. The van der Waals surface area contributed by atoms with Gasteiger partial charge in [0.1, 0.15) is 22.1 Å². The van der Waals surface area contributed by atoms with Crippen molar-refractivity contribution in [2.45, 2.75) is 33.3 Å². The van der Waals surface area contributed by atoms with Crippen molar-refractivity contribution in [1.29, 1.82) is 0 Å². The Balaban J connectivity index is 1.87. The lowest BCUT2D eigenvalue weighted by atomic mass is 10.1. The molecule has 0 amide bonds. The number of para-hydroxylation sites is 1. The number of nitrogens with zero attached hydrogens (tertiary/aromatic N) is 1. The van der Waals surface area contributed by atoms with Gasteiger partial charge in [0.25, 0.3) is 0 Å². The van der Waals surface area contributed by atoms with Gasteiger partial charge in [-0.2, -0.15) is 0 Å². The highest BCUT2D eigenvalue weighted by atomic mass is 32.1. The van der Waals surface area contributed by atoms with Gasteiger partial charge >= 0.3 is 5.97 Å². The smallest absolute Gasteiger partial charge is 0.346 e. The number of rotatable bonds is 5. The third kappa shape index (κ3) is 3.45. The van der Waals surface area contributed by atoms with Crippen LogP contribution in [0.15, 0.2) is 45.6 Å². The fourth-order valence-corrected chi connectivity index (χ4v) is 4.45. The lowest BCUT2D eigenvalue weighted by Gasteiger charge is -2.16. The zero-order valence-electron chi connectivity index (χ0n) is 17.1. The second kappa shape index (κ2) is 7.91. The number of aromatic nitrogens is 1. The minimum absolute atomic E-state index is 0.130. The van der Waals surface area contributed by atoms with Gasteiger partial charge in [-0.1, -0.05) is 19.1 Å². The van der Waals surface area contributed by atoms with Crippen molar-refractivity contribution in [2.75, 3.05) is 7.11 Å². The molecule has 0 fully saturated rings. The summed E-state index contributed by atoms with van der Waals surface area (Å²) in [5, 5.41) is 1.10. The number of hydrogen-bond donors (Lipinski definition) is 0. The molecule has 0 aliphatic rings. The van der Waals surface area contributed by atoms with E-state index in [1.54, 1.807) is 26.0 Å². The van der Waals surface area contributed by atoms with Crippen LogP contribution >= 0.6 is 11.3 Å². The number of carbonyl (C=O) groups is 1. The summed E-state index contributed by atoms with van der Waals surface area (Å²) in [6.45, 7) is 5.34. The first-order chi connectivity index (χ1) is 14.4. The molecule has 2 heterocycles. The van der Waals surface area contributed by atoms with Gasteiger partial charge < -0.3 is 13.9 Å². The van der Waals surface area contributed by atoms with Gasteiger partial charge in [0.05, 0.1) is 28.3 Å². The number of ether oxygens (including phenoxy) is 2. The molecule has 0 unspecified atom stereocenters. The Morgan fingerprint density at radius 2 is 2.03 bits per heavy atom. The van der Waals surface area contributed by atoms with Crippen molar-refractivity contribution in [1.82, 2.24) is 4.98 Å². The average molecular weight is 423 g/mol. The number of methoxy groups -OCH3 is 1. The molecule has 2 aromatic carbocycles. The van der Waals surface area contributed by atoms with Crippen molar-refractivity contribution in [2.24, 2.45) is 0 Å². The van der Waals surface area contributed by atoms with Gasteiger partial charge in [-0.25, -0.2) is 9.78 Å². The molecule has 0 aliphatic heterocycles. The van der Waals surface area contributed by atoms with Crippen LogP contribution in [0.25, 0.3) is 31.8 Å². The first-order valence-electron chi connectivity index (χ1n) is 9.63. The zero-order valence-corrected chi connectivity index (χ0v) is 18.0. The van der Waals surface area contributed by atoms with Crippen LogP contribution in [0.5, 0.6) is 5.75 Å². The third-order valence-corrected chi connectivity index (χ3v) is 6.03. The molecule has 0 radical (unpaired) electrons. The lowest BCUT2D eigenvalue weighted by molar-refractivity contribution is -0.147. The van der Waals surface area contributed by atoms with E-state index in [4.69, 9.17) is 13.9 Å². The van der Waals surface area contributed by atoms with E-state index in [9.17, 15) is 9.59 Å². The summed E-state index contributed by atoms with van der Waals surface area (Å²) in [5.41, 5.74) is 2.42. The van der Waals surface area contributed by atoms with E-state index in [1.165, 1.54) is 18.4 Å². The van der Waals surface area contributed by atoms with Crippen molar-refractivity contribution < 1.29 is 18.7 Å². The normalized spacial score (nSPS) is 12.3. The highest BCUT2D eigenvalue weighted by Crippen LogP contribution is 2.33. The van der Waals surface area contributed by atoms with Crippen LogP contribution in [-0.2, 0) is 16.0 Å². The van der Waals surface area contributed by atoms with Crippen LogP contribution in [0.1, 0.15) is 25.2 Å². The van der Waals surface area contributed by atoms with E-state index in [0.717, 1.165) is 15.8 Å². The van der Waals surface area contributed by atoms with E-state index < -0.39 is 12.1 Å². The predicted molar refractivity (Wildman–Crippen MR) is 117 cm³/mol. The maximum atomic E-state index is 13.4. The molecule has 4 rings (SSSR count). The fraction of sp³-hybridized carbons (Fsp3) is 0.261. The molecule has 30 heavy (non-hydrogen) atoms. The van der Waals surface area contributed by atoms with Gasteiger partial charge in [0.2, 0.25) is 5.43 Å². The Bertz CT molecular complexity index is 1290. The Morgan fingerprint density at radius 3 is 2.73 bits per heavy atom. The molecular weight excluding hydrogens is 402 g/mol. The number of esters is 1. The molecular formula is C23H21NO5S. The summed E-state index contributed by atoms with van der Waals surface area (Å²) in [6.07, 6.45) is -0.143. The van der Waals surface area contributed by atoms with Crippen LogP contribution in [0.3, 0.4) is 0 Å². The molecule has 2 aromatic heterocycles. The maximum absolute atomic E-state index is 13.4. The van der Waals surface area contributed by atoms with Crippen LogP contribution in [0, 0.1) is 6.92 Å². The van der Waals surface area contributed by atoms with Crippen molar-refractivity contribution in [3.05, 3.63) is 57.9 Å². The molecule has 0 N–H and O–H groups in total. The number of hydrogen-bond acceptors (Lipinski definition) is 7. The van der Waals surface area contributed by atoms with E-state index in [0.29, 0.717) is 39.5 Å². The molecule has 1 atom stereocenters. The van der Waals surface area contributed by atoms with E-state index in [-0.39, 0.29) is 5.43 Å². The standard InChI is InChI=1S/C23H21NO5S/c1-5-14-10-15-18(11-17(14)29-13(3)23(26)27-4)28-12(2)20(21(15)25)22-24-16-8-6-7-9-19(16)30-22/h6-11,13H,5H2,1-4H3/t13-/m1/s1. The maximum Gasteiger partial charge on any atom is 0.346 e. The second-order valence-corrected chi connectivity index (χ2v) is 7.97. The molecule has 154 valence electrons. The van der Waals surface area contributed by atoms with Crippen LogP contribution < -0.4 is 10.2 Å². The number of thiazole rings is 1. The topological polar surface area (TPSA) is 78.6 Å². The van der Waals surface area contributed by atoms with Gasteiger partial charge in [0.15, 0.2) is 6.10 Å². The Morgan fingerprint density at radius 1 is 1.27 bits per heavy atom. The summed E-state index contributed by atoms with van der Waals surface area (Å²) in [4.78, 5) is 29.7. The molecule has 0 bridgehead atoms. The van der Waals surface area contributed by atoms with Crippen LogP contribution in [0.2, 0.25) is 0 Å². The van der Waals surface area contributed by atoms with Gasteiger partial charge in [-0.3, -0.25) is 4.79 Å². The zero-order chi connectivity index (χ0) is 21.4. The number of benzene rings is 2. The van der Waals surface area contributed by atoms with Crippen molar-refractivity contribution >= 4 is 38.5 Å². The minimum atomic E-state index is -0.771. The average Bonchev–Trinajstić information content (AvgIpc) is 3.16. The second-order valence-electron chi connectivity index (χ2n) is 6.94. The quantitative estimate of drug-likeness (QED) is 0.426. The van der Waals surface area contributed by atoms with Gasteiger partial charge in [-0.15, -0.1) is 11.3 Å². The summed E-state index contributed by atoms with van der Waals surface area (Å²) in [5.74, 6) is 0.516. The van der Waals surface area contributed by atoms with Crippen molar-refractivity contribution in [3.8, 4) is 16.3 Å². The fourth-order valence-electron chi connectivity index (χ4n) is 3.40. The molecule has 7 heteroatoms. The SMILES string of the molecule is CCc1cc2c(=O)c(-c3nc4ccccc4s3)c(C)oc2cc1O[C@H](C)C(=O)OC. The van der Waals surface area contributed by atoms with E-state index in [1.807, 2.05) is 31.2 Å². The minimum Gasteiger partial charge on any atom is -0.479 e. The summed E-state index contributed by atoms with van der Waals surface area (Å²) in [7, 11) is 1.31. The molecule has 0 saturated carbocycles. The van der Waals surface area contributed by atoms with Crippen LogP contribution in [-0.4, -0.2) is 24.2 Å². The first kappa shape index (κ1) is 20.1. The third-order valence-electron chi connectivity index (χ3n) is 4.98. The first-order valence-corrected chi connectivity index (χ1v) is 10.4. The monoisotopic (exact) mass is 423 g/mol. The highest BCUT2D eigenvalue weighted by Gasteiger charge is 2.21. The number of aryl methyl sites for hydroxylation is 2.